The molecule has 0 spiro atoms. The number of ether oxygens (including phenoxy) is 1. The van der Waals surface area contributed by atoms with E-state index in [0.29, 0.717) is 0 Å². The van der Waals surface area contributed by atoms with E-state index in [1.165, 1.54) is 19.2 Å². The lowest BCUT2D eigenvalue weighted by molar-refractivity contribution is -0.137. The molecule has 0 fully saturated rings. The molecule has 0 radical (unpaired) electrons. The number of anilines is 2. The molecule has 0 saturated heterocycles. The zero-order valence-electron chi connectivity index (χ0n) is 13.5. The number of alkyl halides is 3. The fraction of sp³-hybridized carbons (Fsp3) is 0.176. The third-order valence-electron chi connectivity index (χ3n) is 3.34. The van der Waals surface area contributed by atoms with E-state index in [9.17, 15) is 22.8 Å². The Labute approximate surface area is 152 Å². The minimum atomic E-state index is -4.53. The molecule has 0 saturated carbocycles. The van der Waals surface area contributed by atoms with E-state index in [4.69, 9.17) is 11.6 Å². The quantitative estimate of drug-likeness (QED) is 0.756. The molecule has 0 aromatic heterocycles. The average Bonchev–Trinajstić information content (AvgIpc) is 2.59. The van der Waals surface area contributed by atoms with Gasteiger partial charge in [-0.1, -0.05) is 23.7 Å². The molecule has 0 heterocycles. The number of para-hydroxylation sites is 1. The summed E-state index contributed by atoms with van der Waals surface area (Å²) in [5.41, 5.74) is -0.541. The first-order chi connectivity index (χ1) is 12.2. The molecule has 2 aromatic carbocycles. The van der Waals surface area contributed by atoms with Crippen LogP contribution in [0.5, 0.6) is 0 Å². The molecule has 1 amide bonds. The van der Waals surface area contributed by atoms with Crippen molar-refractivity contribution < 1.29 is 27.5 Å². The van der Waals surface area contributed by atoms with Crippen molar-refractivity contribution in [2.24, 2.45) is 0 Å². The molecule has 26 heavy (non-hydrogen) atoms. The molecule has 138 valence electrons. The van der Waals surface area contributed by atoms with Gasteiger partial charge in [-0.15, -0.1) is 0 Å². The highest BCUT2D eigenvalue weighted by atomic mass is 35.5. The van der Waals surface area contributed by atoms with Gasteiger partial charge < -0.3 is 15.4 Å². The highest BCUT2D eigenvalue weighted by Crippen LogP contribution is 2.33. The summed E-state index contributed by atoms with van der Waals surface area (Å²) in [5.74, 6) is -1.20. The van der Waals surface area contributed by atoms with Crippen molar-refractivity contribution in [1.82, 2.24) is 0 Å². The van der Waals surface area contributed by atoms with E-state index in [1.54, 1.807) is 12.1 Å². The van der Waals surface area contributed by atoms with Gasteiger partial charge in [-0.2, -0.15) is 13.2 Å². The second-order valence-corrected chi connectivity index (χ2v) is 5.54. The Kier molecular flexibility index (Phi) is 6.10. The lowest BCUT2D eigenvalue weighted by Crippen LogP contribution is -2.23. The molecule has 0 bridgehead atoms. The summed E-state index contributed by atoms with van der Waals surface area (Å²) in [6.45, 7) is -0.351. The van der Waals surface area contributed by atoms with Crippen molar-refractivity contribution in [1.29, 1.82) is 0 Å². The van der Waals surface area contributed by atoms with Gasteiger partial charge in [0.1, 0.15) is 0 Å². The lowest BCUT2D eigenvalue weighted by Gasteiger charge is -2.13. The number of carbonyl (C=O) groups excluding carboxylic acids is 2. The Morgan fingerprint density at radius 2 is 1.81 bits per heavy atom. The van der Waals surface area contributed by atoms with Crippen LogP contribution in [0, 0.1) is 0 Å². The summed E-state index contributed by atoms with van der Waals surface area (Å²) < 4.78 is 42.9. The van der Waals surface area contributed by atoms with Crippen LogP contribution >= 0.6 is 11.6 Å². The minimum Gasteiger partial charge on any atom is -0.465 e. The van der Waals surface area contributed by atoms with Gasteiger partial charge in [0.15, 0.2) is 0 Å². The Morgan fingerprint density at radius 3 is 2.46 bits per heavy atom. The maximum Gasteiger partial charge on any atom is 0.416 e. The van der Waals surface area contributed by atoms with E-state index >= 15 is 0 Å². The number of hydrogen-bond acceptors (Lipinski definition) is 4. The van der Waals surface area contributed by atoms with Gasteiger partial charge in [-0.25, -0.2) is 4.79 Å². The van der Waals surface area contributed by atoms with E-state index in [0.717, 1.165) is 18.2 Å². The van der Waals surface area contributed by atoms with Crippen molar-refractivity contribution in [3.63, 3.8) is 0 Å². The first-order valence-electron chi connectivity index (χ1n) is 7.30. The summed E-state index contributed by atoms with van der Waals surface area (Å²) in [6.07, 6.45) is -4.53. The van der Waals surface area contributed by atoms with E-state index < -0.39 is 23.6 Å². The van der Waals surface area contributed by atoms with Crippen LogP contribution in [-0.2, 0) is 15.7 Å². The molecular formula is C17H14ClF3N2O3. The van der Waals surface area contributed by atoms with E-state index in [-0.39, 0.29) is 28.5 Å². The fourth-order valence-electron chi connectivity index (χ4n) is 2.09. The van der Waals surface area contributed by atoms with Crippen molar-refractivity contribution in [3.8, 4) is 0 Å². The molecule has 0 aliphatic heterocycles. The smallest absolute Gasteiger partial charge is 0.416 e. The van der Waals surface area contributed by atoms with Crippen molar-refractivity contribution in [3.05, 3.63) is 58.6 Å². The van der Waals surface area contributed by atoms with Gasteiger partial charge in [0.05, 0.1) is 41.2 Å². The van der Waals surface area contributed by atoms with Gasteiger partial charge in [-0.3, -0.25) is 4.79 Å². The largest absolute Gasteiger partial charge is 0.465 e. The normalized spacial score (nSPS) is 11.0. The number of hydrogen-bond donors (Lipinski definition) is 2. The predicted octanol–water partition coefficient (Wildman–Crippen LogP) is 4.20. The van der Waals surface area contributed by atoms with Crippen LogP contribution in [0.2, 0.25) is 5.02 Å². The van der Waals surface area contributed by atoms with Crippen LogP contribution in [0.4, 0.5) is 24.5 Å². The number of nitrogens with one attached hydrogen (secondary N) is 2. The van der Waals surface area contributed by atoms with Crippen LogP contribution in [0.3, 0.4) is 0 Å². The summed E-state index contributed by atoms with van der Waals surface area (Å²) in [7, 11) is 1.21. The first kappa shape index (κ1) is 19.6. The molecule has 2 aromatic rings. The molecule has 0 aliphatic rings. The van der Waals surface area contributed by atoms with Crippen molar-refractivity contribution in [2.75, 3.05) is 24.3 Å². The minimum absolute atomic E-state index is 0.0297. The van der Waals surface area contributed by atoms with E-state index in [1.807, 2.05) is 0 Å². The van der Waals surface area contributed by atoms with Gasteiger partial charge in [0.2, 0.25) is 5.91 Å². The molecule has 0 unspecified atom stereocenters. The van der Waals surface area contributed by atoms with Gasteiger partial charge in [-0.05, 0) is 30.3 Å². The molecule has 0 atom stereocenters. The molecule has 0 aliphatic carbocycles. The second-order valence-electron chi connectivity index (χ2n) is 5.13. The maximum atomic E-state index is 12.7. The molecule has 2 rings (SSSR count). The van der Waals surface area contributed by atoms with Crippen LogP contribution in [0.1, 0.15) is 15.9 Å². The van der Waals surface area contributed by atoms with Crippen LogP contribution in [0.15, 0.2) is 42.5 Å². The van der Waals surface area contributed by atoms with Crippen LogP contribution in [-0.4, -0.2) is 25.5 Å². The molecule has 2 N–H and O–H groups in total. The van der Waals surface area contributed by atoms with E-state index in [2.05, 4.69) is 15.4 Å². The van der Waals surface area contributed by atoms with Crippen molar-refractivity contribution in [2.45, 2.75) is 6.18 Å². The van der Waals surface area contributed by atoms with Gasteiger partial charge >= 0.3 is 12.1 Å². The number of esters is 1. The topological polar surface area (TPSA) is 67.4 Å². The van der Waals surface area contributed by atoms with Crippen LogP contribution in [0.25, 0.3) is 0 Å². The Morgan fingerprint density at radius 1 is 1.12 bits per heavy atom. The lowest BCUT2D eigenvalue weighted by atomic mass is 10.1. The number of benzene rings is 2. The zero-order valence-corrected chi connectivity index (χ0v) is 14.2. The third-order valence-corrected chi connectivity index (χ3v) is 3.67. The SMILES string of the molecule is COC(=O)c1ccccc1NC(=O)CNc1cc(C(F)(F)F)ccc1Cl. The Bertz CT molecular complexity index is 825. The summed E-state index contributed by atoms with van der Waals surface area (Å²) >= 11 is 5.85. The fourth-order valence-corrected chi connectivity index (χ4v) is 2.27. The number of halogens is 4. The zero-order chi connectivity index (χ0) is 19.3. The highest BCUT2D eigenvalue weighted by Gasteiger charge is 2.31. The molecular weight excluding hydrogens is 373 g/mol. The molecule has 9 heteroatoms. The van der Waals surface area contributed by atoms with Crippen LogP contribution < -0.4 is 10.6 Å². The summed E-state index contributed by atoms with van der Waals surface area (Å²) in [5, 5.41) is 5.08. The number of amides is 1. The number of rotatable bonds is 5. The third kappa shape index (κ3) is 4.89. The van der Waals surface area contributed by atoms with Gasteiger partial charge in [0, 0.05) is 0 Å². The standard InChI is InChI=1S/C17H14ClF3N2O3/c1-26-16(25)11-4-2-3-5-13(11)23-15(24)9-22-14-8-10(17(19,20)21)6-7-12(14)18/h2-8,22H,9H2,1H3,(H,23,24). The monoisotopic (exact) mass is 386 g/mol. The molecule has 5 nitrogen and oxygen atoms in total. The summed E-state index contributed by atoms with van der Waals surface area (Å²) in [4.78, 5) is 23.7. The predicted molar refractivity (Wildman–Crippen MR) is 91.4 cm³/mol. The highest BCUT2D eigenvalue weighted by molar-refractivity contribution is 6.33. The van der Waals surface area contributed by atoms with Gasteiger partial charge in [0.25, 0.3) is 0 Å². The Hall–Kier alpha value is -2.74. The number of carbonyl (C=O) groups is 2. The maximum absolute atomic E-state index is 12.7. The second kappa shape index (κ2) is 8.09. The average molecular weight is 387 g/mol. The first-order valence-corrected chi connectivity index (χ1v) is 7.68. The van der Waals surface area contributed by atoms with Crippen molar-refractivity contribution >= 4 is 34.9 Å². The summed E-state index contributed by atoms with van der Waals surface area (Å²) in [6, 6.07) is 8.94. The number of methoxy groups -OCH3 is 1. The Balaban J connectivity index is 2.08.